The van der Waals surface area contributed by atoms with Crippen LogP contribution in [0.4, 0.5) is 0 Å². The van der Waals surface area contributed by atoms with E-state index in [0.29, 0.717) is 10.5 Å². The van der Waals surface area contributed by atoms with E-state index in [1.165, 1.54) is 11.8 Å². The molecular weight excluding hydrogens is 352 g/mol. The van der Waals surface area contributed by atoms with E-state index < -0.39 is 0 Å². The van der Waals surface area contributed by atoms with Crippen molar-refractivity contribution in [1.29, 1.82) is 0 Å². The summed E-state index contributed by atoms with van der Waals surface area (Å²) in [6.07, 6.45) is 18.6. The number of hydrogen-bond acceptors (Lipinski definition) is 5. The van der Waals surface area contributed by atoms with Gasteiger partial charge in [0.05, 0.1) is 17.3 Å². The maximum atomic E-state index is 13.4. The number of nitrogens with zero attached hydrogens (tertiary/aromatic N) is 4. The lowest BCUT2D eigenvalue weighted by molar-refractivity contribution is -0.133. The third kappa shape index (κ3) is 3.11. The largest absolute Gasteiger partial charge is 0.326 e. The first-order valence-electron chi connectivity index (χ1n) is 8.33. The van der Waals surface area contributed by atoms with Gasteiger partial charge in [-0.2, -0.15) is 0 Å². The Bertz CT molecular complexity index is 748. The van der Waals surface area contributed by atoms with Gasteiger partial charge in [-0.25, -0.2) is 0 Å². The van der Waals surface area contributed by atoms with Gasteiger partial charge < -0.3 is 9.47 Å². The van der Waals surface area contributed by atoms with Crippen molar-refractivity contribution in [3.63, 3.8) is 0 Å². The number of aryl methyl sites for hydroxylation is 1. The van der Waals surface area contributed by atoms with Crippen LogP contribution in [-0.2, 0) is 11.8 Å². The van der Waals surface area contributed by atoms with Gasteiger partial charge in [-0.3, -0.25) is 4.79 Å². The average molecular weight is 373 g/mol. The first-order chi connectivity index (χ1) is 12.1. The van der Waals surface area contributed by atoms with Crippen LogP contribution < -0.4 is 0 Å². The van der Waals surface area contributed by atoms with E-state index in [4.69, 9.17) is 0 Å². The molecule has 2 heterocycles. The van der Waals surface area contributed by atoms with Crippen molar-refractivity contribution in [1.82, 2.24) is 19.7 Å². The van der Waals surface area contributed by atoms with Crippen LogP contribution in [0.15, 0.2) is 60.1 Å². The Morgan fingerprint density at radius 2 is 1.72 bits per heavy atom. The fourth-order valence-electron chi connectivity index (χ4n) is 3.38. The van der Waals surface area contributed by atoms with Crippen LogP contribution in [0, 0.1) is 0 Å². The van der Waals surface area contributed by atoms with Crippen LogP contribution in [0.5, 0.6) is 0 Å². The highest BCUT2D eigenvalue weighted by atomic mass is 32.2. The molecule has 2 aliphatic carbocycles. The Morgan fingerprint density at radius 3 is 2.28 bits per heavy atom. The Morgan fingerprint density at radius 1 is 1.12 bits per heavy atom. The lowest BCUT2D eigenvalue weighted by atomic mass is 9.98. The summed E-state index contributed by atoms with van der Waals surface area (Å²) in [5.74, 6) is 0.151. The standard InChI is InChI=1S/C18H20N4OS2/c1-12(24-18-20-19-11-21(18)2)17(23)22-13-7-3-5-9-15(13)25-16-10-6-4-8-14(16)22/h3-16H,1-2H3. The number of allylic oxidation sites excluding steroid dienone is 4. The first kappa shape index (κ1) is 16.7. The van der Waals surface area contributed by atoms with E-state index >= 15 is 0 Å². The zero-order valence-corrected chi connectivity index (χ0v) is 15.7. The number of aromatic nitrogens is 3. The molecule has 0 radical (unpaired) electrons. The Hall–Kier alpha value is -1.73. The molecule has 1 amide bonds. The number of thioether (sulfide) groups is 2. The molecule has 0 N–H and O–H groups in total. The minimum Gasteiger partial charge on any atom is -0.326 e. The summed E-state index contributed by atoms with van der Waals surface area (Å²) in [5, 5.41) is 9.15. The normalized spacial score (nSPS) is 30.9. The number of fused-ring (bicyclic) bond motifs is 2. The van der Waals surface area contributed by atoms with Gasteiger partial charge in [0, 0.05) is 17.5 Å². The molecule has 1 aromatic heterocycles. The third-order valence-electron chi connectivity index (χ3n) is 4.62. The van der Waals surface area contributed by atoms with Crippen molar-refractivity contribution in [2.24, 2.45) is 7.05 Å². The van der Waals surface area contributed by atoms with Crippen molar-refractivity contribution in [2.45, 2.75) is 39.9 Å². The van der Waals surface area contributed by atoms with Gasteiger partial charge in [0.2, 0.25) is 5.91 Å². The lowest BCUT2D eigenvalue weighted by Crippen LogP contribution is -2.59. The summed E-state index contributed by atoms with van der Waals surface area (Å²) >= 11 is 3.40. The second-order valence-electron chi connectivity index (χ2n) is 6.32. The topological polar surface area (TPSA) is 51.0 Å². The molecular formula is C18H20N4OS2. The molecule has 0 aromatic carbocycles. The highest BCUT2D eigenvalue weighted by molar-refractivity contribution is 8.01. The molecule has 1 saturated heterocycles. The fraction of sp³-hybridized carbons (Fsp3) is 0.389. The van der Waals surface area contributed by atoms with Crippen molar-refractivity contribution in [3.8, 4) is 0 Å². The van der Waals surface area contributed by atoms with Gasteiger partial charge in [0.15, 0.2) is 5.16 Å². The van der Waals surface area contributed by atoms with E-state index in [2.05, 4.69) is 51.6 Å². The monoisotopic (exact) mass is 372 g/mol. The highest BCUT2D eigenvalue weighted by Crippen LogP contribution is 2.41. The molecule has 130 valence electrons. The number of hydrogen-bond donors (Lipinski definition) is 0. The second kappa shape index (κ2) is 6.88. The molecule has 0 spiro atoms. The predicted molar refractivity (Wildman–Crippen MR) is 102 cm³/mol. The Balaban J connectivity index is 1.60. The summed E-state index contributed by atoms with van der Waals surface area (Å²) in [7, 11) is 1.90. The second-order valence-corrected chi connectivity index (χ2v) is 8.98. The van der Waals surface area contributed by atoms with Crippen molar-refractivity contribution < 1.29 is 4.79 Å². The van der Waals surface area contributed by atoms with E-state index in [-0.39, 0.29) is 23.2 Å². The van der Waals surface area contributed by atoms with Crippen LogP contribution in [0.2, 0.25) is 0 Å². The SMILES string of the molecule is CC(Sc1nncn1C)C(=O)N1C2C=CC=CC2SC2C=CC=CC21. The fourth-order valence-corrected chi connectivity index (χ4v) is 5.71. The van der Waals surface area contributed by atoms with Crippen molar-refractivity contribution in [3.05, 3.63) is 54.9 Å². The van der Waals surface area contributed by atoms with Gasteiger partial charge >= 0.3 is 0 Å². The molecule has 4 rings (SSSR count). The van der Waals surface area contributed by atoms with Crippen LogP contribution in [0.3, 0.4) is 0 Å². The maximum Gasteiger partial charge on any atom is 0.236 e. The van der Waals surface area contributed by atoms with Crippen LogP contribution in [-0.4, -0.2) is 53.4 Å². The van der Waals surface area contributed by atoms with Crippen molar-refractivity contribution >= 4 is 29.4 Å². The quantitative estimate of drug-likeness (QED) is 0.764. The summed E-state index contributed by atoms with van der Waals surface area (Å²) in [4.78, 5) is 15.4. The third-order valence-corrected chi connectivity index (χ3v) is 7.26. The summed E-state index contributed by atoms with van der Waals surface area (Å²) in [5.41, 5.74) is 0. The predicted octanol–water partition coefficient (Wildman–Crippen LogP) is 2.60. The van der Waals surface area contributed by atoms with Gasteiger partial charge in [0.25, 0.3) is 0 Å². The van der Waals surface area contributed by atoms with Gasteiger partial charge in [-0.1, -0.05) is 60.4 Å². The Kier molecular flexibility index (Phi) is 4.60. The average Bonchev–Trinajstić information content (AvgIpc) is 3.03. The number of carbonyl (C=O) groups is 1. The molecule has 0 bridgehead atoms. The zero-order chi connectivity index (χ0) is 17.4. The van der Waals surface area contributed by atoms with E-state index in [1.807, 2.05) is 42.5 Å². The van der Waals surface area contributed by atoms with Crippen LogP contribution >= 0.6 is 23.5 Å². The molecule has 7 heteroatoms. The number of carbonyl (C=O) groups excluding carboxylic acids is 1. The Labute approximate surface area is 155 Å². The van der Waals surface area contributed by atoms with Gasteiger partial charge in [0.1, 0.15) is 6.33 Å². The lowest BCUT2D eigenvalue weighted by Gasteiger charge is -2.48. The van der Waals surface area contributed by atoms with Crippen molar-refractivity contribution in [2.75, 3.05) is 0 Å². The van der Waals surface area contributed by atoms with Gasteiger partial charge in [-0.05, 0) is 6.92 Å². The van der Waals surface area contributed by atoms with E-state index in [0.717, 1.165) is 5.16 Å². The van der Waals surface area contributed by atoms with E-state index in [9.17, 15) is 4.79 Å². The first-order valence-corrected chi connectivity index (χ1v) is 10.2. The van der Waals surface area contributed by atoms with E-state index in [1.54, 1.807) is 6.33 Å². The molecule has 3 aliphatic rings. The van der Waals surface area contributed by atoms with Crippen LogP contribution in [0.1, 0.15) is 6.92 Å². The van der Waals surface area contributed by atoms with Crippen LogP contribution in [0.25, 0.3) is 0 Å². The summed E-state index contributed by atoms with van der Waals surface area (Å²) < 4.78 is 1.85. The molecule has 5 unspecified atom stereocenters. The molecule has 1 aromatic rings. The molecule has 1 fully saturated rings. The number of amides is 1. The van der Waals surface area contributed by atoms with Gasteiger partial charge in [-0.15, -0.1) is 22.0 Å². The minimum atomic E-state index is -0.217. The summed E-state index contributed by atoms with van der Waals surface area (Å²) in [6.45, 7) is 1.96. The highest BCUT2D eigenvalue weighted by Gasteiger charge is 2.44. The minimum absolute atomic E-state index is 0.0995. The molecule has 1 aliphatic heterocycles. The molecule has 25 heavy (non-hydrogen) atoms. The molecule has 5 nitrogen and oxygen atoms in total. The molecule has 0 saturated carbocycles. The number of rotatable bonds is 3. The molecule has 5 atom stereocenters. The smallest absolute Gasteiger partial charge is 0.236 e. The maximum absolute atomic E-state index is 13.4. The zero-order valence-electron chi connectivity index (χ0n) is 14.1. The summed E-state index contributed by atoms with van der Waals surface area (Å²) in [6, 6.07) is 0.199.